The Morgan fingerprint density at radius 3 is 2.95 bits per heavy atom. The van der Waals surface area contributed by atoms with Crippen LogP contribution in [0.4, 0.5) is 10.2 Å². The molecule has 21 heavy (non-hydrogen) atoms. The van der Waals surface area contributed by atoms with Crippen molar-refractivity contribution in [3.8, 4) is 0 Å². The van der Waals surface area contributed by atoms with Crippen molar-refractivity contribution in [1.29, 1.82) is 0 Å². The molecule has 0 bridgehead atoms. The predicted molar refractivity (Wildman–Crippen MR) is 64.4 cm³/mol. The molecule has 0 spiro atoms. The van der Waals surface area contributed by atoms with Crippen molar-refractivity contribution in [2.24, 2.45) is 5.92 Å². The molecule has 1 unspecified atom stereocenters. The maximum atomic E-state index is 13.4. The molecule has 4 atom stereocenters. The third kappa shape index (κ3) is 2.85. The Morgan fingerprint density at radius 2 is 2.19 bits per heavy atom. The largest absolute Gasteiger partial charge is 0.756 e. The molecular formula is C10H12FN3O6P-. The molecule has 2 N–H and O–H groups in total. The van der Waals surface area contributed by atoms with Gasteiger partial charge in [0.1, 0.15) is 6.23 Å². The van der Waals surface area contributed by atoms with E-state index in [1.807, 2.05) is 0 Å². The molecule has 1 aromatic rings. The van der Waals surface area contributed by atoms with Crippen molar-refractivity contribution in [3.63, 3.8) is 0 Å². The van der Waals surface area contributed by atoms with Gasteiger partial charge in [0.05, 0.1) is 25.5 Å². The van der Waals surface area contributed by atoms with E-state index in [0.29, 0.717) is 0 Å². The molecule has 2 aliphatic rings. The van der Waals surface area contributed by atoms with Crippen molar-refractivity contribution < 1.29 is 27.6 Å². The molecule has 0 aromatic carbocycles. The monoisotopic (exact) mass is 320 g/mol. The van der Waals surface area contributed by atoms with E-state index in [9.17, 15) is 18.6 Å². The average molecular weight is 320 g/mol. The zero-order chi connectivity index (χ0) is 15.2. The number of anilines is 1. The van der Waals surface area contributed by atoms with E-state index in [0.717, 1.165) is 10.8 Å². The number of hydrogen-bond donors (Lipinski definition) is 1. The highest BCUT2D eigenvalue weighted by atomic mass is 31.2. The van der Waals surface area contributed by atoms with Crippen LogP contribution in [0.1, 0.15) is 12.6 Å². The van der Waals surface area contributed by atoms with E-state index >= 15 is 0 Å². The lowest BCUT2D eigenvalue weighted by atomic mass is 10.0. The van der Waals surface area contributed by atoms with Gasteiger partial charge >= 0.3 is 5.69 Å². The highest BCUT2D eigenvalue weighted by molar-refractivity contribution is 7.45. The number of phosphoric ester groups is 1. The zero-order valence-corrected chi connectivity index (χ0v) is 11.6. The fraction of sp³-hybridized carbons (Fsp3) is 0.600. The number of phosphoric acid groups is 1. The Kier molecular flexibility index (Phi) is 3.58. The molecule has 3 heterocycles. The number of rotatable bonds is 1. The van der Waals surface area contributed by atoms with Crippen molar-refractivity contribution in [2.45, 2.75) is 18.8 Å². The fourth-order valence-electron chi connectivity index (χ4n) is 2.36. The van der Waals surface area contributed by atoms with Crippen LogP contribution in [-0.2, 0) is 18.3 Å². The fourth-order valence-corrected chi connectivity index (χ4v) is 3.14. The lowest BCUT2D eigenvalue weighted by molar-refractivity contribution is -0.224. The molecule has 11 heteroatoms. The summed E-state index contributed by atoms with van der Waals surface area (Å²) in [6.07, 6.45) is -0.140. The summed E-state index contributed by atoms with van der Waals surface area (Å²) in [5.74, 6) is -1.60. The van der Waals surface area contributed by atoms with Gasteiger partial charge < -0.3 is 24.4 Å². The normalized spacial score (nSPS) is 36.2. The summed E-state index contributed by atoms with van der Waals surface area (Å²) in [6.45, 7) is -0.316. The van der Waals surface area contributed by atoms with Gasteiger partial charge in [0.15, 0.2) is 11.6 Å². The number of fused-ring (bicyclic) bond motifs is 1. The summed E-state index contributed by atoms with van der Waals surface area (Å²) in [6, 6.07) is 0. The Labute approximate surface area is 118 Å². The van der Waals surface area contributed by atoms with Crippen LogP contribution in [0.25, 0.3) is 0 Å². The zero-order valence-electron chi connectivity index (χ0n) is 10.7. The van der Waals surface area contributed by atoms with Gasteiger partial charge in [-0.1, -0.05) is 0 Å². The first-order chi connectivity index (χ1) is 9.85. The maximum Gasteiger partial charge on any atom is 0.351 e. The van der Waals surface area contributed by atoms with Crippen LogP contribution >= 0.6 is 7.82 Å². The summed E-state index contributed by atoms with van der Waals surface area (Å²) in [7, 11) is -4.29. The number of halogens is 1. The first kappa shape index (κ1) is 14.6. The number of nitrogen functional groups attached to an aromatic ring is 1. The molecular weight excluding hydrogens is 308 g/mol. The topological polar surface area (TPSA) is 129 Å². The van der Waals surface area contributed by atoms with E-state index in [2.05, 4.69) is 14.0 Å². The summed E-state index contributed by atoms with van der Waals surface area (Å²) in [5.41, 5.74) is 4.47. The summed E-state index contributed by atoms with van der Waals surface area (Å²) in [5, 5.41) is 0. The van der Waals surface area contributed by atoms with Crippen molar-refractivity contribution in [3.05, 3.63) is 22.5 Å². The summed E-state index contributed by atoms with van der Waals surface area (Å²) < 4.78 is 40.4. The van der Waals surface area contributed by atoms with Gasteiger partial charge in [-0.05, 0) is 0 Å². The third-order valence-electron chi connectivity index (χ3n) is 3.45. The Morgan fingerprint density at radius 1 is 1.48 bits per heavy atom. The van der Waals surface area contributed by atoms with E-state index in [1.54, 1.807) is 0 Å². The molecule has 0 radical (unpaired) electrons. The van der Waals surface area contributed by atoms with Gasteiger partial charge in [-0.2, -0.15) is 4.98 Å². The van der Waals surface area contributed by atoms with Crippen molar-refractivity contribution >= 4 is 13.6 Å². The Hall–Kier alpha value is -1.32. The van der Waals surface area contributed by atoms with Crippen LogP contribution in [0.15, 0.2) is 11.0 Å². The van der Waals surface area contributed by atoms with Crippen molar-refractivity contribution in [1.82, 2.24) is 9.55 Å². The van der Waals surface area contributed by atoms with Gasteiger partial charge in [0, 0.05) is 12.3 Å². The molecule has 2 aliphatic heterocycles. The minimum atomic E-state index is -4.29. The standard InChI is InChI=1S/C10H13FN3O6P/c11-6-2-14(10(15)13-9(6)12)8-1-5-3-18-21(16,17)19-4-7(5)20-8/h2,5,7-8H,1,3-4H2,(H,16,17)(H2,12,13,15)/p-1/t5-,7-,8-/m1/s1. The van der Waals surface area contributed by atoms with Crippen molar-refractivity contribution in [2.75, 3.05) is 18.9 Å². The first-order valence-electron chi connectivity index (χ1n) is 6.15. The van der Waals surface area contributed by atoms with Crippen LogP contribution in [0.3, 0.4) is 0 Å². The second kappa shape index (κ2) is 5.15. The van der Waals surface area contributed by atoms with Crippen LogP contribution < -0.4 is 16.3 Å². The Bertz CT molecular complexity index is 647. The van der Waals surface area contributed by atoms with E-state index in [1.165, 1.54) is 0 Å². The van der Waals surface area contributed by atoms with Crippen LogP contribution in [0.5, 0.6) is 0 Å². The molecule has 1 aromatic heterocycles. The molecule has 0 amide bonds. The predicted octanol–water partition coefficient (Wildman–Crippen LogP) is -0.617. The number of hydrogen-bond acceptors (Lipinski definition) is 8. The molecule has 116 valence electrons. The maximum absolute atomic E-state index is 13.4. The Balaban J connectivity index is 1.81. The second-order valence-corrected chi connectivity index (χ2v) is 6.24. The van der Waals surface area contributed by atoms with Gasteiger partial charge in [-0.25, -0.2) is 9.18 Å². The van der Waals surface area contributed by atoms with Crippen LogP contribution in [-0.4, -0.2) is 28.9 Å². The molecule has 0 aliphatic carbocycles. The lowest BCUT2D eigenvalue weighted by Crippen LogP contribution is -2.29. The number of nitrogens with zero attached hydrogens (tertiary/aromatic N) is 2. The number of aromatic nitrogens is 2. The molecule has 0 saturated carbocycles. The van der Waals surface area contributed by atoms with Gasteiger partial charge in [0.2, 0.25) is 0 Å². The number of nitrogens with two attached hydrogens (primary N) is 1. The molecule has 3 rings (SSSR count). The lowest BCUT2D eigenvalue weighted by Gasteiger charge is -2.21. The highest BCUT2D eigenvalue weighted by Gasteiger charge is 2.40. The van der Waals surface area contributed by atoms with E-state index in [4.69, 9.17) is 10.5 Å². The SMILES string of the molecule is Nc1nc(=O)n([C@H]2C[C@@H]3COP(=O)([O-])OC[C@H]3O2)cc1F. The quantitative estimate of drug-likeness (QED) is 0.678. The average Bonchev–Trinajstić information content (AvgIpc) is 2.76. The molecule has 9 nitrogen and oxygen atoms in total. The molecule has 2 fully saturated rings. The van der Waals surface area contributed by atoms with Crippen LogP contribution in [0, 0.1) is 11.7 Å². The highest BCUT2D eigenvalue weighted by Crippen LogP contribution is 2.46. The minimum Gasteiger partial charge on any atom is -0.756 e. The van der Waals surface area contributed by atoms with Gasteiger partial charge in [-0.15, -0.1) is 0 Å². The minimum absolute atomic E-state index is 0.110. The third-order valence-corrected chi connectivity index (χ3v) is 4.38. The van der Waals surface area contributed by atoms with Gasteiger partial charge in [-0.3, -0.25) is 9.13 Å². The number of ether oxygens (including phenoxy) is 1. The van der Waals surface area contributed by atoms with E-state index < -0.39 is 37.5 Å². The van der Waals surface area contributed by atoms with Crippen LogP contribution in [0.2, 0.25) is 0 Å². The first-order valence-corrected chi connectivity index (χ1v) is 7.61. The van der Waals surface area contributed by atoms with E-state index in [-0.39, 0.29) is 25.6 Å². The smallest absolute Gasteiger partial charge is 0.351 e. The van der Waals surface area contributed by atoms with Gasteiger partial charge in [0.25, 0.3) is 7.82 Å². The summed E-state index contributed by atoms with van der Waals surface area (Å²) >= 11 is 0. The molecule has 2 saturated heterocycles. The second-order valence-electron chi connectivity index (χ2n) is 4.83. The summed E-state index contributed by atoms with van der Waals surface area (Å²) in [4.78, 5) is 26.3.